The van der Waals surface area contributed by atoms with Crippen LogP contribution >= 0.6 is 0 Å². The molecule has 2 aliphatic heterocycles. The van der Waals surface area contributed by atoms with Gasteiger partial charge in [0.05, 0.1) is 19.3 Å². The van der Waals surface area contributed by atoms with Gasteiger partial charge >= 0.3 is 0 Å². The first-order chi connectivity index (χ1) is 15.0. The molecule has 9 nitrogen and oxygen atoms in total. The molecule has 172 valence electrons. The molecule has 2 saturated carbocycles. The van der Waals surface area contributed by atoms with Gasteiger partial charge in [-0.2, -0.15) is 5.10 Å². The quantitative estimate of drug-likeness (QED) is 0.674. The third-order valence-electron chi connectivity index (χ3n) is 7.18. The second-order valence-corrected chi connectivity index (χ2v) is 9.49. The zero-order valence-electron chi connectivity index (χ0n) is 18.5. The maximum absolute atomic E-state index is 13.2. The van der Waals surface area contributed by atoms with Crippen molar-refractivity contribution < 1.29 is 24.2 Å². The fourth-order valence-corrected chi connectivity index (χ4v) is 5.26. The number of rotatable bonds is 5. The molecule has 5 rings (SSSR count). The molecule has 4 atom stereocenters. The lowest BCUT2D eigenvalue weighted by molar-refractivity contribution is -0.122. The summed E-state index contributed by atoms with van der Waals surface area (Å²) in [6, 6.07) is 0.446. The molecule has 1 amide bonds. The summed E-state index contributed by atoms with van der Waals surface area (Å²) in [4.78, 5) is 25.9. The molecule has 3 fully saturated rings. The number of carbonyl (C=O) groups is 2. The van der Waals surface area contributed by atoms with Crippen LogP contribution in [0.5, 0.6) is 0 Å². The largest absolute Gasteiger partial charge is 0.483 e. The van der Waals surface area contributed by atoms with Gasteiger partial charge in [0.1, 0.15) is 0 Å². The maximum atomic E-state index is 13.2. The van der Waals surface area contributed by atoms with Crippen LogP contribution in [0.3, 0.4) is 0 Å². The van der Waals surface area contributed by atoms with Crippen LogP contribution in [0.15, 0.2) is 0 Å². The molecule has 0 radical (unpaired) electrons. The molecule has 1 aromatic heterocycles. The van der Waals surface area contributed by atoms with Gasteiger partial charge in [0.25, 0.3) is 12.4 Å². The van der Waals surface area contributed by atoms with E-state index >= 15 is 0 Å². The molecule has 9 heteroatoms. The Morgan fingerprint density at radius 3 is 2.71 bits per heavy atom. The summed E-state index contributed by atoms with van der Waals surface area (Å²) in [5.74, 6) is 1.95. The lowest BCUT2D eigenvalue weighted by Crippen LogP contribution is -2.48. The van der Waals surface area contributed by atoms with Crippen LogP contribution in [-0.4, -0.2) is 90.0 Å². The molecule has 0 spiro atoms. The summed E-state index contributed by atoms with van der Waals surface area (Å²) in [5.41, 5.74) is 2.59. The summed E-state index contributed by atoms with van der Waals surface area (Å²) in [6.07, 6.45) is 5.92. The van der Waals surface area contributed by atoms with Gasteiger partial charge in [-0.25, -0.2) is 0 Å². The van der Waals surface area contributed by atoms with Crippen molar-refractivity contribution in [2.24, 2.45) is 17.8 Å². The van der Waals surface area contributed by atoms with Gasteiger partial charge in [-0.15, -0.1) is 0 Å². The minimum Gasteiger partial charge on any atom is -0.483 e. The predicted molar refractivity (Wildman–Crippen MR) is 113 cm³/mol. The number of ether oxygens (including phenoxy) is 2. The number of carbonyl (C=O) groups excluding carboxylic acids is 1. The molecule has 4 aliphatic rings. The minimum atomic E-state index is -0.250. The average molecular weight is 435 g/mol. The summed E-state index contributed by atoms with van der Waals surface area (Å²) in [5, 5.41) is 14.3. The van der Waals surface area contributed by atoms with Crippen molar-refractivity contribution in [3.05, 3.63) is 17.0 Å². The summed E-state index contributed by atoms with van der Waals surface area (Å²) < 4.78 is 11.9. The van der Waals surface area contributed by atoms with Gasteiger partial charge in [0.15, 0.2) is 5.69 Å². The first-order valence-electron chi connectivity index (χ1n) is 11.3. The van der Waals surface area contributed by atoms with Crippen LogP contribution in [0.2, 0.25) is 0 Å². The standard InChI is InChI=1S/C21H32N4O3.CH2O2/c1-24(2)18-7-14-9-25(10-15(14)8-19(18)28-11-13-3-4-13)21(26)20-16-12-27-6-5-17(16)22-23-20;2-1-3/h13-15,18-19H,3-12H2,1-2H3,(H,22,23);1H,(H,2,3)/t14-,15+,18-,19-;/m1./s1. The SMILES string of the molecule is CN(C)[C@@H]1C[C@@H]2CN(C(=O)c3n[nH]c4c3COCC4)C[C@@H]2C[C@H]1OCC1CC1.O=CO. The number of fused-ring (bicyclic) bond motifs is 2. The molecule has 1 saturated heterocycles. The van der Waals surface area contributed by atoms with Gasteiger partial charge < -0.3 is 24.4 Å². The Kier molecular flexibility index (Phi) is 6.93. The predicted octanol–water partition coefficient (Wildman–Crippen LogP) is 1.39. The fraction of sp³-hybridized carbons (Fsp3) is 0.773. The second kappa shape index (κ2) is 9.67. The number of hydrogen-bond acceptors (Lipinski definition) is 6. The van der Waals surface area contributed by atoms with Crippen molar-refractivity contribution in [1.82, 2.24) is 20.0 Å². The number of aromatic amines is 1. The Morgan fingerprint density at radius 2 is 2.03 bits per heavy atom. The second-order valence-electron chi connectivity index (χ2n) is 9.49. The van der Waals surface area contributed by atoms with Crippen LogP contribution < -0.4 is 0 Å². The molecule has 2 aliphatic carbocycles. The number of amides is 1. The van der Waals surface area contributed by atoms with Crippen molar-refractivity contribution in [3.63, 3.8) is 0 Å². The molecular formula is C22H34N4O5. The van der Waals surface area contributed by atoms with E-state index in [-0.39, 0.29) is 12.4 Å². The first-order valence-corrected chi connectivity index (χ1v) is 11.3. The Balaban J connectivity index is 0.000000730. The lowest BCUT2D eigenvalue weighted by Gasteiger charge is -2.41. The van der Waals surface area contributed by atoms with Crippen LogP contribution in [-0.2, 0) is 27.3 Å². The number of likely N-dealkylation sites (N-methyl/N-ethyl adjacent to an activating group) is 1. The van der Waals surface area contributed by atoms with E-state index < -0.39 is 0 Å². The van der Waals surface area contributed by atoms with Crippen LogP contribution in [0.25, 0.3) is 0 Å². The Bertz CT molecular complexity index is 778. The van der Waals surface area contributed by atoms with Gasteiger partial charge in [0, 0.05) is 43.4 Å². The fourth-order valence-electron chi connectivity index (χ4n) is 5.26. The maximum Gasteiger partial charge on any atom is 0.290 e. The van der Waals surface area contributed by atoms with Crippen molar-refractivity contribution in [2.45, 2.75) is 50.9 Å². The minimum absolute atomic E-state index is 0.0641. The zero-order chi connectivity index (χ0) is 22.0. The molecule has 0 unspecified atom stereocenters. The monoisotopic (exact) mass is 434 g/mol. The highest BCUT2D eigenvalue weighted by Crippen LogP contribution is 2.40. The summed E-state index contributed by atoms with van der Waals surface area (Å²) in [7, 11) is 4.32. The Morgan fingerprint density at radius 1 is 1.32 bits per heavy atom. The third kappa shape index (κ3) is 4.94. The Labute approximate surface area is 183 Å². The highest BCUT2D eigenvalue weighted by Gasteiger charge is 2.45. The molecule has 0 aromatic carbocycles. The van der Waals surface area contributed by atoms with E-state index in [9.17, 15) is 4.79 Å². The molecule has 3 heterocycles. The summed E-state index contributed by atoms with van der Waals surface area (Å²) in [6.45, 7) is 3.52. The number of likely N-dealkylation sites (tertiary alicyclic amines) is 1. The van der Waals surface area contributed by atoms with Gasteiger partial charge in [0.2, 0.25) is 0 Å². The number of nitrogens with one attached hydrogen (secondary N) is 1. The molecule has 31 heavy (non-hydrogen) atoms. The van der Waals surface area contributed by atoms with Crippen LogP contribution in [0.4, 0.5) is 0 Å². The van der Waals surface area contributed by atoms with E-state index in [4.69, 9.17) is 19.4 Å². The van der Waals surface area contributed by atoms with E-state index in [1.54, 1.807) is 0 Å². The third-order valence-corrected chi connectivity index (χ3v) is 7.18. The van der Waals surface area contributed by atoms with Crippen molar-refractivity contribution >= 4 is 12.4 Å². The number of H-pyrrole nitrogens is 1. The van der Waals surface area contributed by atoms with Crippen molar-refractivity contribution in [2.75, 3.05) is 40.4 Å². The number of aromatic nitrogens is 2. The van der Waals surface area contributed by atoms with Crippen LogP contribution in [0.1, 0.15) is 47.4 Å². The van der Waals surface area contributed by atoms with E-state index in [2.05, 4.69) is 29.2 Å². The van der Waals surface area contributed by atoms with E-state index in [0.29, 0.717) is 42.9 Å². The van der Waals surface area contributed by atoms with E-state index in [1.807, 2.05) is 4.90 Å². The highest BCUT2D eigenvalue weighted by atomic mass is 16.5. The summed E-state index contributed by atoms with van der Waals surface area (Å²) >= 11 is 0. The average Bonchev–Trinajstić information content (AvgIpc) is 3.34. The number of nitrogens with zero attached hydrogens (tertiary/aromatic N) is 3. The van der Waals surface area contributed by atoms with Crippen molar-refractivity contribution in [1.29, 1.82) is 0 Å². The topological polar surface area (TPSA) is 108 Å². The Hall–Kier alpha value is -1.97. The number of hydrogen-bond donors (Lipinski definition) is 2. The zero-order valence-corrected chi connectivity index (χ0v) is 18.5. The van der Waals surface area contributed by atoms with Crippen LogP contribution in [0, 0.1) is 17.8 Å². The van der Waals surface area contributed by atoms with Gasteiger partial charge in [-0.05, 0) is 57.5 Å². The molecular weight excluding hydrogens is 400 g/mol. The smallest absolute Gasteiger partial charge is 0.290 e. The number of carboxylic acid groups (broad SMARTS) is 1. The first kappa shape index (κ1) is 22.2. The lowest BCUT2D eigenvalue weighted by atomic mass is 9.77. The van der Waals surface area contributed by atoms with Gasteiger partial charge in [-0.1, -0.05) is 0 Å². The highest BCUT2D eigenvalue weighted by molar-refractivity contribution is 5.94. The normalized spacial score (nSPS) is 29.7. The van der Waals surface area contributed by atoms with Crippen molar-refractivity contribution in [3.8, 4) is 0 Å². The van der Waals surface area contributed by atoms with Gasteiger partial charge in [-0.3, -0.25) is 14.7 Å². The molecule has 1 aromatic rings. The van der Waals surface area contributed by atoms with E-state index in [0.717, 1.165) is 56.1 Å². The van der Waals surface area contributed by atoms with E-state index in [1.165, 1.54) is 12.8 Å². The molecule has 2 N–H and O–H groups in total. The molecule has 0 bridgehead atoms.